The second-order valence-corrected chi connectivity index (χ2v) is 10.5. The molecule has 3 amide bonds. The number of carbonyl (C=O) groups excluding carboxylic acids is 2. The van der Waals surface area contributed by atoms with Crippen molar-refractivity contribution in [3.05, 3.63) is 97.1 Å². The molecule has 0 aromatic heterocycles. The van der Waals surface area contributed by atoms with E-state index in [0.717, 1.165) is 28.7 Å². The Labute approximate surface area is 437 Å². The van der Waals surface area contributed by atoms with Crippen LogP contribution in [0.4, 0.5) is 4.79 Å². The number of carbonyl (C=O) groups is 2. The lowest BCUT2D eigenvalue weighted by atomic mass is 10.3. The molecule has 15 nitrogen and oxygen atoms in total. The van der Waals surface area contributed by atoms with Gasteiger partial charge in [-0.2, -0.15) is 0 Å². The first-order valence-electron chi connectivity index (χ1n) is 22.8. The van der Waals surface area contributed by atoms with Gasteiger partial charge in [0.15, 0.2) is 0 Å². The van der Waals surface area contributed by atoms with Crippen LogP contribution < -0.4 is 34.3 Å². The third-order valence-electron chi connectivity index (χ3n) is 5.72. The quantitative estimate of drug-likeness (QED) is 0.0553. The number of aliphatic hydroxyl groups excluding tert-OH is 1. The highest BCUT2D eigenvalue weighted by Crippen LogP contribution is 2.18. The molecule has 9 radical (unpaired) electrons. The number of phenolic OH excluding ortho intramolecular Hbond substituents is 3. The number of hydrogen-bond acceptors (Lipinski definition) is 13. The lowest BCUT2D eigenvalue weighted by Gasteiger charge is -2.03. The molecule has 1 saturated heterocycles. The van der Waals surface area contributed by atoms with E-state index in [1.165, 1.54) is 24.3 Å². The van der Waals surface area contributed by atoms with Gasteiger partial charge in [0.05, 0.1) is 34.0 Å². The van der Waals surface area contributed by atoms with Crippen molar-refractivity contribution in [3.63, 3.8) is 0 Å². The molecule has 0 saturated carbocycles. The zero-order valence-electron chi connectivity index (χ0n) is 46.8. The van der Waals surface area contributed by atoms with Crippen LogP contribution in [0.15, 0.2) is 97.1 Å². The molecule has 5 rings (SSSR count). The normalized spacial score (nSPS) is 9.60. The first-order chi connectivity index (χ1) is 32.3. The van der Waals surface area contributed by atoms with Gasteiger partial charge < -0.3 is 58.9 Å². The van der Waals surface area contributed by atoms with Gasteiger partial charge in [-0.05, 0) is 132 Å². The Morgan fingerprint density at radius 1 is 0.443 bits per heavy atom. The van der Waals surface area contributed by atoms with Gasteiger partial charge >= 0.3 is 6.03 Å². The monoisotopic (exact) mass is 1000 g/mol. The van der Waals surface area contributed by atoms with Crippen LogP contribution in [-0.4, -0.2) is 133 Å². The third kappa shape index (κ3) is 66.6. The third-order valence-corrected chi connectivity index (χ3v) is 5.72. The summed E-state index contributed by atoms with van der Waals surface area (Å²) in [4.78, 5) is 20.6. The number of amides is 3. The van der Waals surface area contributed by atoms with E-state index in [0.29, 0.717) is 19.8 Å². The summed E-state index contributed by atoms with van der Waals surface area (Å²) in [7, 11) is 9.80. The molecule has 1 fully saturated rings. The van der Waals surface area contributed by atoms with Crippen LogP contribution in [0.25, 0.3) is 0 Å². The Bertz CT molecular complexity index is 1460. The van der Waals surface area contributed by atoms with Gasteiger partial charge in [-0.1, -0.05) is 69.2 Å². The first kappa shape index (κ1) is 90.7. The summed E-state index contributed by atoms with van der Waals surface area (Å²) in [6, 6.07) is 26.7. The summed E-state index contributed by atoms with van der Waals surface area (Å²) in [5.74, 6) is 4.62. The number of rotatable bonds is 8. The highest BCUT2D eigenvalue weighted by atomic mass is 16.5. The fraction of sp³-hybridized carbons (Fsp3) is 0.500. The smallest absolute Gasteiger partial charge is 0.322 e. The second-order valence-electron chi connectivity index (χ2n) is 10.5. The maximum atomic E-state index is 10.4. The number of ether oxygens (including phenoxy) is 7. The Morgan fingerprint density at radius 2 is 0.629 bits per heavy atom. The predicted molar refractivity (Wildman–Crippen MR) is 305 cm³/mol. The fourth-order valence-corrected chi connectivity index (χ4v) is 3.36. The van der Waals surface area contributed by atoms with Crippen molar-refractivity contribution in [3.8, 4) is 46.0 Å². The number of nitrogens with one attached hydrogen (secondary N) is 2. The van der Waals surface area contributed by atoms with E-state index in [-0.39, 0.29) is 66.8 Å². The van der Waals surface area contributed by atoms with Gasteiger partial charge in [-0.3, -0.25) is 10.1 Å². The van der Waals surface area contributed by atoms with E-state index >= 15 is 0 Å². The number of aromatic hydroxyl groups is 3. The van der Waals surface area contributed by atoms with Gasteiger partial charge in [-0.15, -0.1) is 0 Å². The topological polar surface area (TPSA) is 204 Å². The van der Waals surface area contributed by atoms with Crippen LogP contribution in [-0.2, 0) is 14.3 Å². The zero-order chi connectivity index (χ0) is 53.9. The van der Waals surface area contributed by atoms with Crippen LogP contribution in [0.1, 0.15) is 110 Å². The van der Waals surface area contributed by atoms with Gasteiger partial charge in [0.25, 0.3) is 0 Å². The minimum atomic E-state index is -0.400. The summed E-state index contributed by atoms with van der Waals surface area (Å²) < 4.78 is 34.1. The summed E-state index contributed by atoms with van der Waals surface area (Å²) in [5.41, 5.74) is 0. The highest BCUT2D eigenvalue weighted by Gasteiger charge is 2.24. The molecule has 1 atom stereocenters. The molecule has 0 aliphatic carbocycles. The Hall–Kier alpha value is -5.71. The first-order valence-corrected chi connectivity index (χ1v) is 22.8. The molecule has 0 bridgehead atoms. The highest BCUT2D eigenvalue weighted by molar-refractivity contribution is 6.03. The van der Waals surface area contributed by atoms with Crippen molar-refractivity contribution in [2.24, 2.45) is 0 Å². The van der Waals surface area contributed by atoms with Crippen molar-refractivity contribution >= 4 is 37.2 Å². The summed E-state index contributed by atoms with van der Waals surface area (Å²) in [6.07, 6.45) is 0. The van der Waals surface area contributed by atoms with E-state index < -0.39 is 6.03 Å². The van der Waals surface area contributed by atoms with Gasteiger partial charge in [0.2, 0.25) is 5.91 Å². The average Bonchev–Trinajstić information content (AvgIpc) is 3.66. The SMILES string of the molecule is CC.CC.CC.CC.CC.CC1NC(=O)NC1=O.CCO.CCOc1ccc(O)cc1.CCOc1ccc(OC)cc1.CCOc1ccc(OC)cc1.COC.COC.Oc1ccc(O)cc1.[2HH].[2HH].[2HH].[2HH].[B].[B].[B]. The van der Waals surface area contributed by atoms with E-state index in [1.54, 1.807) is 80.8 Å². The Kier molecular flexibility index (Phi) is 100. The molecule has 4 aromatic carbocycles. The van der Waals surface area contributed by atoms with Crippen LogP contribution in [0.5, 0.6) is 46.0 Å². The van der Waals surface area contributed by atoms with Crippen molar-refractivity contribution in [1.82, 2.24) is 10.6 Å². The maximum Gasteiger partial charge on any atom is 0.322 e. The standard InChI is InChI=1S/2C9H12O2.C8H10O2.C6H6O2.C4H6N2O2.3C2H6O.5C2H6.3B.4H2/c2*1-3-11-9-6-4-8(10-2)5-7-9;1-2-10-8-5-3-7(9)4-6-8;7-5-1-2-6(8)4-3-5;1-2-3(7)6-4(8)5-2;2*1-3-2;1-2-3;5*1-2;;;;;;;/h2*4-7H,3H2,1-2H3;3-6,9H,2H2,1H3;1-4,7-8H;2H,1H3,(H2,5,6,7,8);2*1-2H3;3H,2H2,1H3;5*1-2H3;;;;4*1H/i;;;;;;;;;;;;;;;;4*1+1. The van der Waals surface area contributed by atoms with Gasteiger partial charge in [0.1, 0.15) is 52.0 Å². The number of aliphatic hydroxyl groups is 1. The average molecular weight is 1000 g/mol. The lowest BCUT2D eigenvalue weighted by Crippen LogP contribution is -2.24. The molecule has 18 heteroatoms. The number of methoxy groups -OCH3 is 4. The number of phenols is 3. The molecule has 1 unspecified atom stereocenters. The summed E-state index contributed by atoms with van der Waals surface area (Å²) in [6.45, 7) is 31.5. The number of imide groups is 1. The number of hydrogen-bond donors (Lipinski definition) is 6. The molecule has 0 spiro atoms. The maximum absolute atomic E-state index is 10.4. The van der Waals surface area contributed by atoms with E-state index in [2.05, 4.69) is 20.1 Å². The van der Waals surface area contributed by atoms with E-state index in [1.807, 2.05) is 139 Å². The van der Waals surface area contributed by atoms with Gasteiger partial charge in [0, 0.05) is 66.0 Å². The van der Waals surface area contributed by atoms with Crippen molar-refractivity contribution in [2.45, 2.75) is 110 Å². The minimum absolute atomic E-state index is 0. The number of benzene rings is 4. The fourth-order valence-electron chi connectivity index (χ4n) is 3.36. The summed E-state index contributed by atoms with van der Waals surface area (Å²) >= 11 is 0. The largest absolute Gasteiger partial charge is 0.508 e. The number of urea groups is 1. The van der Waals surface area contributed by atoms with E-state index in [9.17, 15) is 9.59 Å². The lowest BCUT2D eigenvalue weighted by molar-refractivity contribution is -0.119. The molecule has 4 aromatic rings. The molecular formula is C52H102B3N2O13. The van der Waals surface area contributed by atoms with E-state index in [4.69, 9.17) is 44.1 Å². The molecular weight excluding hydrogens is 893 g/mol. The molecule has 6 N–H and O–H groups in total. The Balaban J connectivity index is -0.0000000409. The van der Waals surface area contributed by atoms with Gasteiger partial charge in [-0.25, -0.2) is 4.79 Å². The summed E-state index contributed by atoms with van der Waals surface area (Å²) in [5, 5.41) is 38.2. The van der Waals surface area contributed by atoms with Crippen molar-refractivity contribution in [2.75, 3.05) is 69.1 Å². The molecule has 1 aliphatic rings. The van der Waals surface area contributed by atoms with Crippen LogP contribution in [0.3, 0.4) is 0 Å². The molecule has 1 aliphatic heterocycles. The Morgan fingerprint density at radius 3 is 0.771 bits per heavy atom. The van der Waals surface area contributed by atoms with Crippen LogP contribution >= 0.6 is 0 Å². The molecule has 407 valence electrons. The second kappa shape index (κ2) is 77.5. The molecule has 1 heterocycles. The van der Waals surface area contributed by atoms with Crippen molar-refractivity contribution in [1.29, 1.82) is 0 Å². The van der Waals surface area contributed by atoms with Crippen molar-refractivity contribution < 1.29 is 68.9 Å². The molecule has 70 heavy (non-hydrogen) atoms. The van der Waals surface area contributed by atoms with Crippen LogP contribution in [0.2, 0.25) is 0 Å². The predicted octanol–water partition coefficient (Wildman–Crippen LogP) is 11.8. The minimum Gasteiger partial charge on any atom is -0.508 e. The van der Waals surface area contributed by atoms with Crippen LogP contribution in [0, 0.1) is 0 Å². The zero-order valence-corrected chi connectivity index (χ0v) is 46.8.